The van der Waals surface area contributed by atoms with Gasteiger partial charge in [-0.1, -0.05) is 49.4 Å². The molecule has 0 atom stereocenters. The second kappa shape index (κ2) is 8.08. The SMILES string of the molecule is CCNc1ccccc(C(=O)/C=C/c2ccc(CC)cc2)c1=O. The number of ketones is 1. The summed E-state index contributed by atoms with van der Waals surface area (Å²) in [5.74, 6) is -0.287. The maximum atomic E-state index is 12.4. The van der Waals surface area contributed by atoms with Gasteiger partial charge in [0.15, 0.2) is 5.78 Å². The van der Waals surface area contributed by atoms with Crippen LogP contribution in [0.15, 0.2) is 59.4 Å². The summed E-state index contributed by atoms with van der Waals surface area (Å²) >= 11 is 0. The fourth-order valence-electron chi connectivity index (χ4n) is 2.25. The molecule has 0 bridgehead atoms. The van der Waals surface area contributed by atoms with E-state index in [4.69, 9.17) is 0 Å². The molecule has 0 unspecified atom stereocenters. The number of rotatable bonds is 6. The maximum Gasteiger partial charge on any atom is 0.212 e. The highest BCUT2D eigenvalue weighted by atomic mass is 16.1. The van der Waals surface area contributed by atoms with Gasteiger partial charge in [-0.3, -0.25) is 9.59 Å². The van der Waals surface area contributed by atoms with E-state index in [9.17, 15) is 9.59 Å². The van der Waals surface area contributed by atoms with Gasteiger partial charge in [0.25, 0.3) is 0 Å². The van der Waals surface area contributed by atoms with Gasteiger partial charge in [0.2, 0.25) is 5.43 Å². The minimum absolute atomic E-state index is 0.173. The van der Waals surface area contributed by atoms with Crippen LogP contribution in [0.25, 0.3) is 6.08 Å². The van der Waals surface area contributed by atoms with Gasteiger partial charge in [-0.05, 0) is 42.7 Å². The van der Waals surface area contributed by atoms with E-state index in [2.05, 4.69) is 12.2 Å². The molecule has 0 aliphatic rings. The van der Waals surface area contributed by atoms with E-state index in [1.54, 1.807) is 30.3 Å². The molecule has 3 heteroatoms. The van der Waals surface area contributed by atoms with Gasteiger partial charge < -0.3 is 5.32 Å². The van der Waals surface area contributed by atoms with E-state index < -0.39 is 0 Å². The summed E-state index contributed by atoms with van der Waals surface area (Å²) in [4.78, 5) is 24.7. The molecule has 0 aliphatic carbocycles. The summed E-state index contributed by atoms with van der Waals surface area (Å²) < 4.78 is 0. The van der Waals surface area contributed by atoms with Crippen molar-refractivity contribution in [1.29, 1.82) is 0 Å². The molecular formula is C20H21NO2. The van der Waals surface area contributed by atoms with Crippen molar-refractivity contribution in [1.82, 2.24) is 0 Å². The Hall–Kier alpha value is -2.68. The zero-order valence-electron chi connectivity index (χ0n) is 13.5. The van der Waals surface area contributed by atoms with Gasteiger partial charge in [0.05, 0.1) is 11.3 Å². The average molecular weight is 307 g/mol. The van der Waals surface area contributed by atoms with Gasteiger partial charge in [-0.25, -0.2) is 0 Å². The predicted molar refractivity (Wildman–Crippen MR) is 96.1 cm³/mol. The predicted octanol–water partition coefficient (Wildman–Crippen LogP) is 3.94. The third kappa shape index (κ3) is 4.39. The van der Waals surface area contributed by atoms with Crippen molar-refractivity contribution < 1.29 is 4.79 Å². The van der Waals surface area contributed by atoms with Gasteiger partial charge in [-0.15, -0.1) is 0 Å². The van der Waals surface area contributed by atoms with Crippen LogP contribution in [0.2, 0.25) is 0 Å². The Bertz CT molecular complexity index is 761. The number of benzene rings is 1. The zero-order chi connectivity index (χ0) is 16.7. The third-order valence-corrected chi connectivity index (χ3v) is 3.57. The first kappa shape index (κ1) is 16.7. The number of aryl methyl sites for hydroxylation is 1. The number of allylic oxidation sites excluding steroid dienone is 1. The van der Waals surface area contributed by atoms with Gasteiger partial charge in [0.1, 0.15) is 0 Å². The van der Waals surface area contributed by atoms with Crippen molar-refractivity contribution in [2.75, 3.05) is 11.9 Å². The fourth-order valence-corrected chi connectivity index (χ4v) is 2.25. The molecule has 2 aromatic rings. The van der Waals surface area contributed by atoms with E-state index in [0.717, 1.165) is 12.0 Å². The molecular weight excluding hydrogens is 286 g/mol. The summed E-state index contributed by atoms with van der Waals surface area (Å²) in [5, 5.41) is 2.99. The molecule has 0 aromatic heterocycles. The van der Waals surface area contributed by atoms with Crippen LogP contribution in [0.5, 0.6) is 0 Å². The number of hydrogen-bond donors (Lipinski definition) is 1. The van der Waals surface area contributed by atoms with Crippen LogP contribution in [0, 0.1) is 0 Å². The lowest BCUT2D eigenvalue weighted by Gasteiger charge is -1.99. The molecule has 23 heavy (non-hydrogen) atoms. The first-order valence-corrected chi connectivity index (χ1v) is 7.84. The third-order valence-electron chi connectivity index (χ3n) is 3.57. The Kier molecular flexibility index (Phi) is 5.87. The highest BCUT2D eigenvalue weighted by Gasteiger charge is 2.08. The van der Waals surface area contributed by atoms with Crippen LogP contribution in [0.4, 0.5) is 5.69 Å². The molecule has 118 valence electrons. The topological polar surface area (TPSA) is 46.2 Å². The minimum atomic E-state index is -0.287. The molecule has 1 N–H and O–H groups in total. The van der Waals surface area contributed by atoms with Crippen LogP contribution >= 0.6 is 0 Å². The smallest absolute Gasteiger partial charge is 0.212 e. The van der Waals surface area contributed by atoms with Crippen LogP contribution in [0.1, 0.15) is 35.3 Å². The Balaban J connectivity index is 2.26. The van der Waals surface area contributed by atoms with Gasteiger partial charge in [0, 0.05) is 6.54 Å². The molecule has 0 saturated heterocycles. The lowest BCUT2D eigenvalue weighted by Crippen LogP contribution is -2.15. The zero-order valence-corrected chi connectivity index (χ0v) is 13.5. The second-order valence-electron chi connectivity index (χ2n) is 5.20. The monoisotopic (exact) mass is 307 g/mol. The summed E-state index contributed by atoms with van der Waals surface area (Å²) in [6.45, 7) is 4.64. The molecule has 0 fully saturated rings. The quantitative estimate of drug-likeness (QED) is 0.649. The average Bonchev–Trinajstić information content (AvgIpc) is 2.76. The highest BCUT2D eigenvalue weighted by molar-refractivity contribution is 6.07. The van der Waals surface area contributed by atoms with Gasteiger partial charge >= 0.3 is 0 Å². The highest BCUT2D eigenvalue weighted by Crippen LogP contribution is 2.08. The normalized spacial score (nSPS) is 10.7. The summed E-state index contributed by atoms with van der Waals surface area (Å²) in [6.07, 6.45) is 4.17. The Labute approximate surface area is 136 Å². The molecule has 3 nitrogen and oxygen atoms in total. The molecule has 2 aromatic carbocycles. The largest absolute Gasteiger partial charge is 0.382 e. The summed E-state index contributed by atoms with van der Waals surface area (Å²) in [5.41, 5.74) is 2.54. The number of hydrogen-bond acceptors (Lipinski definition) is 3. The van der Waals surface area contributed by atoms with E-state index in [-0.39, 0.29) is 16.8 Å². The summed E-state index contributed by atoms with van der Waals surface area (Å²) in [7, 11) is 0. The van der Waals surface area contributed by atoms with E-state index >= 15 is 0 Å². The number of carbonyl (C=O) groups excluding carboxylic acids is 1. The molecule has 0 spiro atoms. The molecule has 2 rings (SSSR count). The standard InChI is InChI=1S/C20H21NO2/c1-3-15-9-11-16(12-10-15)13-14-19(22)17-7-5-6-8-18(20(17)23)21-4-2/h5-14H,3-4H2,1-2H3,(H,21,23)/b14-13+. The molecule has 0 heterocycles. The van der Waals surface area contributed by atoms with Crippen molar-refractivity contribution >= 4 is 17.5 Å². The molecule has 0 saturated carbocycles. The molecule has 0 aliphatic heterocycles. The van der Waals surface area contributed by atoms with Gasteiger partial charge in [-0.2, -0.15) is 0 Å². The lowest BCUT2D eigenvalue weighted by molar-refractivity contribution is 0.104. The van der Waals surface area contributed by atoms with Crippen molar-refractivity contribution in [2.24, 2.45) is 0 Å². The number of nitrogens with one attached hydrogen (secondary N) is 1. The van der Waals surface area contributed by atoms with E-state index in [1.165, 1.54) is 11.6 Å². The van der Waals surface area contributed by atoms with Crippen LogP contribution in [0.3, 0.4) is 0 Å². The number of carbonyl (C=O) groups is 1. The van der Waals surface area contributed by atoms with E-state index in [0.29, 0.717) is 12.2 Å². The molecule has 0 radical (unpaired) electrons. The number of anilines is 1. The Morgan fingerprint density at radius 1 is 1.04 bits per heavy atom. The Morgan fingerprint density at radius 3 is 2.39 bits per heavy atom. The van der Waals surface area contributed by atoms with Crippen LogP contribution < -0.4 is 10.7 Å². The first-order chi connectivity index (χ1) is 11.2. The van der Waals surface area contributed by atoms with Crippen molar-refractivity contribution in [2.45, 2.75) is 20.3 Å². The fraction of sp³-hybridized carbons (Fsp3) is 0.200. The van der Waals surface area contributed by atoms with Crippen molar-refractivity contribution in [3.8, 4) is 0 Å². The second-order valence-corrected chi connectivity index (χ2v) is 5.20. The van der Waals surface area contributed by atoms with Crippen molar-refractivity contribution in [3.05, 3.63) is 81.5 Å². The van der Waals surface area contributed by atoms with Crippen LogP contribution in [-0.4, -0.2) is 12.3 Å². The lowest BCUT2D eigenvalue weighted by atomic mass is 10.1. The Morgan fingerprint density at radius 2 is 1.74 bits per heavy atom. The maximum absolute atomic E-state index is 12.4. The van der Waals surface area contributed by atoms with Crippen LogP contribution in [-0.2, 0) is 6.42 Å². The minimum Gasteiger partial charge on any atom is -0.382 e. The first-order valence-electron chi connectivity index (χ1n) is 7.84. The summed E-state index contributed by atoms with van der Waals surface area (Å²) in [6, 6.07) is 14.7. The van der Waals surface area contributed by atoms with Crippen molar-refractivity contribution in [3.63, 3.8) is 0 Å². The van der Waals surface area contributed by atoms with E-state index in [1.807, 2.05) is 31.2 Å². The molecule has 0 amide bonds.